The summed E-state index contributed by atoms with van der Waals surface area (Å²) in [6.07, 6.45) is 0. The third kappa shape index (κ3) is 4.03. The fourth-order valence-corrected chi connectivity index (χ4v) is 1.95. The Morgan fingerprint density at radius 3 is 2.53 bits per heavy atom. The van der Waals surface area contributed by atoms with E-state index in [4.69, 9.17) is 5.11 Å². The number of aryl methyl sites for hydroxylation is 1. The van der Waals surface area contributed by atoms with Crippen LogP contribution in [0.5, 0.6) is 0 Å². The van der Waals surface area contributed by atoms with Crippen LogP contribution in [0.25, 0.3) is 0 Å². The molecular weight excluding hydrogens is 242 g/mol. The van der Waals surface area contributed by atoms with E-state index in [0.29, 0.717) is 19.6 Å². The maximum atomic E-state index is 10.2. The first-order valence-electron chi connectivity index (χ1n) is 6.86. The smallest absolute Gasteiger partial charge is 0.0766 e. The maximum absolute atomic E-state index is 10.2. The number of hydrogen-bond donors (Lipinski definition) is 3. The highest BCUT2D eigenvalue weighted by atomic mass is 16.3. The highest BCUT2D eigenvalue weighted by Crippen LogP contribution is 2.16. The second-order valence-electron chi connectivity index (χ2n) is 5.71. The molecule has 1 aromatic heterocycles. The van der Waals surface area contributed by atoms with E-state index in [9.17, 15) is 5.11 Å². The monoisotopic (exact) mass is 269 g/mol. The molecule has 0 saturated carbocycles. The number of nitrogens with one attached hydrogen (secondary N) is 1. The van der Waals surface area contributed by atoms with Crippen LogP contribution in [0.3, 0.4) is 0 Å². The molecule has 1 unspecified atom stereocenters. The third-order valence-corrected chi connectivity index (χ3v) is 3.87. The fraction of sp³-hybridized carbons (Fsp3) is 0.786. The third-order valence-electron chi connectivity index (χ3n) is 3.87. The molecule has 0 amide bonds. The number of aliphatic hydroxyl groups excluding tert-OH is 1. The predicted molar refractivity (Wildman–Crippen MR) is 76.0 cm³/mol. The molecule has 0 aliphatic rings. The standard InChI is InChI=1S/C14H27N3O2/c1-10(2)14(5,19)9-15-8-13-11(3)16-17(6-7-18)12(13)4/h10,15,18-19H,6-9H2,1-5H3. The van der Waals surface area contributed by atoms with Crippen LogP contribution in [0.15, 0.2) is 0 Å². The summed E-state index contributed by atoms with van der Waals surface area (Å²) in [5.41, 5.74) is 2.49. The Hall–Kier alpha value is -0.910. The average molecular weight is 269 g/mol. The molecule has 1 atom stereocenters. The molecule has 0 aromatic carbocycles. The molecule has 0 fully saturated rings. The lowest BCUT2D eigenvalue weighted by molar-refractivity contribution is 0.0139. The van der Waals surface area contributed by atoms with Crippen molar-refractivity contribution < 1.29 is 10.2 Å². The second-order valence-corrected chi connectivity index (χ2v) is 5.71. The number of aliphatic hydroxyl groups is 2. The average Bonchev–Trinajstić information content (AvgIpc) is 2.57. The van der Waals surface area contributed by atoms with E-state index in [2.05, 4.69) is 10.4 Å². The second kappa shape index (κ2) is 6.50. The number of nitrogens with zero attached hydrogens (tertiary/aromatic N) is 2. The Bertz CT molecular complexity index is 411. The fourth-order valence-electron chi connectivity index (χ4n) is 1.95. The minimum Gasteiger partial charge on any atom is -0.394 e. The Balaban J connectivity index is 2.63. The molecule has 5 heteroatoms. The van der Waals surface area contributed by atoms with Gasteiger partial charge in [-0.1, -0.05) is 13.8 Å². The summed E-state index contributed by atoms with van der Waals surface area (Å²) in [5.74, 6) is 0.208. The van der Waals surface area contributed by atoms with Gasteiger partial charge in [0.2, 0.25) is 0 Å². The molecule has 0 aliphatic carbocycles. The first kappa shape index (κ1) is 16.1. The van der Waals surface area contributed by atoms with E-state index < -0.39 is 5.60 Å². The summed E-state index contributed by atoms with van der Waals surface area (Å²) >= 11 is 0. The van der Waals surface area contributed by atoms with Crippen LogP contribution >= 0.6 is 0 Å². The van der Waals surface area contributed by atoms with Crippen LogP contribution in [0.1, 0.15) is 37.7 Å². The van der Waals surface area contributed by atoms with E-state index in [1.807, 2.05) is 39.3 Å². The van der Waals surface area contributed by atoms with Crippen molar-refractivity contribution >= 4 is 0 Å². The highest BCUT2D eigenvalue weighted by molar-refractivity contribution is 5.24. The topological polar surface area (TPSA) is 70.3 Å². The van der Waals surface area contributed by atoms with E-state index in [0.717, 1.165) is 17.0 Å². The van der Waals surface area contributed by atoms with E-state index in [1.54, 1.807) is 0 Å². The summed E-state index contributed by atoms with van der Waals surface area (Å²) in [7, 11) is 0. The summed E-state index contributed by atoms with van der Waals surface area (Å²) in [6, 6.07) is 0. The molecular formula is C14H27N3O2. The van der Waals surface area contributed by atoms with Crippen molar-refractivity contribution in [3.05, 3.63) is 17.0 Å². The minimum atomic E-state index is -0.705. The molecule has 5 nitrogen and oxygen atoms in total. The summed E-state index contributed by atoms with van der Waals surface area (Å²) < 4.78 is 1.83. The van der Waals surface area contributed by atoms with Crippen LogP contribution < -0.4 is 5.32 Å². The van der Waals surface area contributed by atoms with Gasteiger partial charge in [-0.15, -0.1) is 0 Å². The van der Waals surface area contributed by atoms with Gasteiger partial charge in [0.1, 0.15) is 0 Å². The van der Waals surface area contributed by atoms with Crippen LogP contribution in [-0.4, -0.2) is 38.7 Å². The predicted octanol–water partition coefficient (Wildman–Crippen LogP) is 0.989. The van der Waals surface area contributed by atoms with Crippen molar-refractivity contribution in [2.75, 3.05) is 13.2 Å². The lowest BCUT2D eigenvalue weighted by atomic mass is 9.92. The van der Waals surface area contributed by atoms with Gasteiger partial charge in [0.25, 0.3) is 0 Å². The first-order chi connectivity index (χ1) is 8.79. The zero-order valence-electron chi connectivity index (χ0n) is 12.7. The van der Waals surface area contributed by atoms with Crippen molar-refractivity contribution in [1.82, 2.24) is 15.1 Å². The molecule has 0 radical (unpaired) electrons. The maximum Gasteiger partial charge on any atom is 0.0766 e. The van der Waals surface area contributed by atoms with Gasteiger partial charge in [0, 0.05) is 24.3 Å². The van der Waals surface area contributed by atoms with Crippen LogP contribution in [0.4, 0.5) is 0 Å². The summed E-state index contributed by atoms with van der Waals surface area (Å²) in [5, 5.41) is 26.9. The van der Waals surface area contributed by atoms with Gasteiger partial charge in [-0.25, -0.2) is 0 Å². The zero-order chi connectivity index (χ0) is 14.6. The van der Waals surface area contributed by atoms with Crippen molar-refractivity contribution in [2.45, 2.75) is 53.3 Å². The molecule has 0 spiro atoms. The Morgan fingerprint density at radius 1 is 1.37 bits per heavy atom. The molecule has 0 saturated heterocycles. The first-order valence-corrected chi connectivity index (χ1v) is 6.86. The SMILES string of the molecule is Cc1nn(CCO)c(C)c1CNCC(C)(O)C(C)C. The van der Waals surface area contributed by atoms with Crippen molar-refractivity contribution in [3.63, 3.8) is 0 Å². The summed E-state index contributed by atoms with van der Waals surface area (Å²) in [6.45, 7) is 11.7. The molecule has 1 heterocycles. The Labute approximate surface area is 115 Å². The lowest BCUT2D eigenvalue weighted by Crippen LogP contribution is -2.42. The quantitative estimate of drug-likeness (QED) is 0.690. The number of hydrogen-bond acceptors (Lipinski definition) is 4. The van der Waals surface area contributed by atoms with Crippen LogP contribution in [0, 0.1) is 19.8 Å². The van der Waals surface area contributed by atoms with Crippen LogP contribution in [0.2, 0.25) is 0 Å². The molecule has 110 valence electrons. The molecule has 0 aliphatic heterocycles. The van der Waals surface area contributed by atoms with Gasteiger partial charge >= 0.3 is 0 Å². The summed E-state index contributed by atoms with van der Waals surface area (Å²) in [4.78, 5) is 0. The molecule has 1 aromatic rings. The van der Waals surface area contributed by atoms with Crippen molar-refractivity contribution in [2.24, 2.45) is 5.92 Å². The highest BCUT2D eigenvalue weighted by Gasteiger charge is 2.24. The number of aromatic nitrogens is 2. The van der Waals surface area contributed by atoms with Crippen LogP contribution in [-0.2, 0) is 13.1 Å². The van der Waals surface area contributed by atoms with Crippen molar-refractivity contribution in [1.29, 1.82) is 0 Å². The normalized spacial score (nSPS) is 14.9. The van der Waals surface area contributed by atoms with E-state index >= 15 is 0 Å². The molecule has 1 rings (SSSR count). The van der Waals surface area contributed by atoms with Gasteiger partial charge < -0.3 is 15.5 Å². The Kier molecular flexibility index (Phi) is 5.52. The Morgan fingerprint density at radius 2 is 2.00 bits per heavy atom. The van der Waals surface area contributed by atoms with Gasteiger partial charge in [-0.3, -0.25) is 4.68 Å². The van der Waals surface area contributed by atoms with Gasteiger partial charge in [-0.05, 0) is 26.7 Å². The minimum absolute atomic E-state index is 0.0941. The van der Waals surface area contributed by atoms with Gasteiger partial charge in [0.05, 0.1) is 24.4 Å². The van der Waals surface area contributed by atoms with Gasteiger partial charge in [-0.2, -0.15) is 5.10 Å². The zero-order valence-corrected chi connectivity index (χ0v) is 12.7. The number of rotatable bonds is 7. The lowest BCUT2D eigenvalue weighted by Gasteiger charge is -2.28. The largest absolute Gasteiger partial charge is 0.394 e. The van der Waals surface area contributed by atoms with E-state index in [-0.39, 0.29) is 12.5 Å². The molecule has 19 heavy (non-hydrogen) atoms. The molecule has 0 bridgehead atoms. The van der Waals surface area contributed by atoms with Crippen molar-refractivity contribution in [3.8, 4) is 0 Å². The molecule has 3 N–H and O–H groups in total. The van der Waals surface area contributed by atoms with E-state index in [1.165, 1.54) is 0 Å². The van der Waals surface area contributed by atoms with Gasteiger partial charge in [0.15, 0.2) is 0 Å².